The quantitative estimate of drug-likeness (QED) is 0.314. The molecule has 1 rings (SSSR count). The van der Waals surface area contributed by atoms with E-state index in [1.807, 2.05) is 6.07 Å². The van der Waals surface area contributed by atoms with Crippen LogP contribution in [-0.4, -0.2) is 37.3 Å². The fraction of sp³-hybridized carbons (Fsp3) is 0.600. The van der Waals surface area contributed by atoms with Gasteiger partial charge in [-0.15, -0.1) is 0 Å². The molecule has 1 aromatic carbocycles. The van der Waals surface area contributed by atoms with Gasteiger partial charge in [-0.05, 0) is 44.5 Å². The fourth-order valence-corrected chi connectivity index (χ4v) is 3.37. The number of hydrogen-bond acceptors (Lipinski definition) is 5. The molecule has 0 fully saturated rings. The van der Waals surface area contributed by atoms with Crippen molar-refractivity contribution in [1.29, 1.82) is 0 Å². The maximum absolute atomic E-state index is 12.1. The summed E-state index contributed by atoms with van der Waals surface area (Å²) >= 11 is 11.8. The Bertz CT molecular complexity index is 541. The van der Waals surface area contributed by atoms with Crippen LogP contribution in [0.5, 0.6) is 0 Å². The highest BCUT2D eigenvalue weighted by Crippen LogP contribution is 2.48. The molecule has 0 saturated carbocycles. The first-order valence-electron chi connectivity index (χ1n) is 7.75. The van der Waals surface area contributed by atoms with Gasteiger partial charge in [0.2, 0.25) is 0 Å². The van der Waals surface area contributed by atoms with E-state index < -0.39 is 13.6 Å². The molecule has 0 amide bonds. The molecule has 0 aliphatic rings. The van der Waals surface area contributed by atoms with Gasteiger partial charge in [0.25, 0.3) is 6.03 Å². The van der Waals surface area contributed by atoms with Crippen molar-refractivity contribution in [3.05, 3.63) is 33.8 Å². The van der Waals surface area contributed by atoms with E-state index in [9.17, 15) is 9.46 Å². The Kier molecular flexibility index (Phi) is 10.4. The smallest absolute Gasteiger partial charge is 0.343 e. The first kappa shape index (κ1) is 21.9. The summed E-state index contributed by atoms with van der Waals surface area (Å²) in [5, 5.41) is 4.23. The van der Waals surface area contributed by atoms with Gasteiger partial charge in [0.05, 0.1) is 16.7 Å². The number of halogens is 2. The molecule has 138 valence electrons. The lowest BCUT2D eigenvalue weighted by atomic mass is 10.2. The van der Waals surface area contributed by atoms with Crippen molar-refractivity contribution in [2.24, 2.45) is 0 Å². The zero-order chi connectivity index (χ0) is 18.0. The van der Waals surface area contributed by atoms with E-state index in [-0.39, 0.29) is 19.8 Å². The summed E-state index contributed by atoms with van der Waals surface area (Å²) in [5.41, 5.74) is 1.01. The minimum atomic E-state index is -3.96. The standard InChI is InChI=1S/C15H24Cl2NO5P/c1-3-21-15(22-4-2)24(19,20)23-9-5-8-18-11-12-6-7-13(16)14(17)10-12/h6-7,10,15,18H,3-5,8-9,11H2,1-2H3,(H,19,20). The van der Waals surface area contributed by atoms with E-state index in [2.05, 4.69) is 5.32 Å². The number of nitrogens with one attached hydrogen (secondary N) is 1. The highest BCUT2D eigenvalue weighted by molar-refractivity contribution is 7.53. The lowest BCUT2D eigenvalue weighted by Gasteiger charge is -2.21. The van der Waals surface area contributed by atoms with Crippen LogP contribution in [-0.2, 0) is 25.1 Å². The van der Waals surface area contributed by atoms with Crippen LogP contribution in [0.2, 0.25) is 10.0 Å². The van der Waals surface area contributed by atoms with Crippen molar-refractivity contribution < 1.29 is 23.5 Å². The molecule has 0 saturated heterocycles. The van der Waals surface area contributed by atoms with Gasteiger partial charge >= 0.3 is 7.60 Å². The summed E-state index contributed by atoms with van der Waals surface area (Å²) in [6.45, 7) is 5.34. The van der Waals surface area contributed by atoms with E-state index in [4.69, 9.17) is 37.2 Å². The Labute approximate surface area is 152 Å². The topological polar surface area (TPSA) is 77.0 Å². The summed E-state index contributed by atoms with van der Waals surface area (Å²) in [6, 6.07) is 4.18. The van der Waals surface area contributed by atoms with Crippen LogP contribution in [0.4, 0.5) is 0 Å². The van der Waals surface area contributed by atoms with Crippen molar-refractivity contribution in [1.82, 2.24) is 5.32 Å². The Morgan fingerprint density at radius 2 is 1.88 bits per heavy atom. The van der Waals surface area contributed by atoms with Crippen LogP contribution in [0.15, 0.2) is 18.2 Å². The van der Waals surface area contributed by atoms with Crippen molar-refractivity contribution in [3.8, 4) is 0 Å². The van der Waals surface area contributed by atoms with Gasteiger partial charge in [-0.3, -0.25) is 4.57 Å². The van der Waals surface area contributed by atoms with Crippen LogP contribution in [0.1, 0.15) is 25.8 Å². The molecule has 0 aliphatic carbocycles. The lowest BCUT2D eigenvalue weighted by molar-refractivity contribution is -0.0960. The van der Waals surface area contributed by atoms with Gasteiger partial charge in [0, 0.05) is 19.8 Å². The lowest BCUT2D eigenvalue weighted by Crippen LogP contribution is -2.20. The third-order valence-electron chi connectivity index (χ3n) is 2.97. The minimum absolute atomic E-state index is 0.124. The average molecular weight is 400 g/mol. The highest BCUT2D eigenvalue weighted by atomic mass is 35.5. The second-order valence-corrected chi connectivity index (χ2v) is 7.52. The molecule has 0 aliphatic heterocycles. The zero-order valence-electron chi connectivity index (χ0n) is 13.8. The second-order valence-electron chi connectivity index (χ2n) is 4.89. The molecule has 2 N–H and O–H groups in total. The Morgan fingerprint density at radius 1 is 1.21 bits per heavy atom. The van der Waals surface area contributed by atoms with E-state index in [1.165, 1.54) is 0 Å². The molecule has 0 spiro atoms. The summed E-state index contributed by atoms with van der Waals surface area (Å²) in [7, 11) is -3.96. The number of ether oxygens (including phenoxy) is 2. The molecular formula is C15H24Cl2NO5P. The van der Waals surface area contributed by atoms with E-state index >= 15 is 0 Å². The molecule has 0 radical (unpaired) electrons. The van der Waals surface area contributed by atoms with Crippen molar-refractivity contribution in [3.63, 3.8) is 0 Å². The molecule has 0 aromatic heterocycles. The van der Waals surface area contributed by atoms with Gasteiger partial charge in [0.1, 0.15) is 0 Å². The van der Waals surface area contributed by atoms with Crippen molar-refractivity contribution >= 4 is 30.8 Å². The van der Waals surface area contributed by atoms with Gasteiger partial charge in [-0.2, -0.15) is 0 Å². The van der Waals surface area contributed by atoms with Gasteiger partial charge < -0.3 is 24.2 Å². The summed E-state index contributed by atoms with van der Waals surface area (Å²) in [4.78, 5) is 9.86. The van der Waals surface area contributed by atoms with Crippen molar-refractivity contribution in [2.45, 2.75) is 32.8 Å². The van der Waals surface area contributed by atoms with Crippen LogP contribution in [0, 0.1) is 0 Å². The third-order valence-corrected chi connectivity index (χ3v) is 5.09. The number of benzene rings is 1. The predicted molar refractivity (Wildman–Crippen MR) is 95.6 cm³/mol. The van der Waals surface area contributed by atoms with E-state index in [0.29, 0.717) is 29.6 Å². The highest BCUT2D eigenvalue weighted by Gasteiger charge is 2.33. The first-order valence-corrected chi connectivity index (χ1v) is 10.2. The van der Waals surface area contributed by atoms with Gasteiger partial charge in [-0.1, -0.05) is 29.3 Å². The maximum atomic E-state index is 12.1. The zero-order valence-corrected chi connectivity index (χ0v) is 16.2. The normalized spacial score (nSPS) is 14.1. The Balaban J connectivity index is 2.27. The third kappa shape index (κ3) is 7.81. The van der Waals surface area contributed by atoms with Crippen LogP contribution < -0.4 is 5.32 Å². The molecule has 1 atom stereocenters. The van der Waals surface area contributed by atoms with Crippen LogP contribution >= 0.6 is 30.8 Å². The molecule has 1 aromatic rings. The summed E-state index contributed by atoms with van der Waals surface area (Å²) < 4.78 is 27.3. The van der Waals surface area contributed by atoms with Crippen LogP contribution in [0.25, 0.3) is 0 Å². The second kappa shape index (κ2) is 11.4. The molecule has 24 heavy (non-hydrogen) atoms. The largest absolute Gasteiger partial charge is 0.383 e. The Morgan fingerprint density at radius 3 is 2.46 bits per heavy atom. The maximum Gasteiger partial charge on any atom is 0.383 e. The number of hydrogen-bond donors (Lipinski definition) is 2. The molecule has 0 heterocycles. The first-order chi connectivity index (χ1) is 11.4. The average Bonchev–Trinajstić information content (AvgIpc) is 2.53. The van der Waals surface area contributed by atoms with Crippen molar-refractivity contribution in [2.75, 3.05) is 26.4 Å². The monoisotopic (exact) mass is 399 g/mol. The predicted octanol–water partition coefficient (Wildman–Crippen LogP) is 4.03. The fourth-order valence-electron chi connectivity index (χ4n) is 1.86. The minimum Gasteiger partial charge on any atom is -0.343 e. The van der Waals surface area contributed by atoms with E-state index in [0.717, 1.165) is 5.56 Å². The van der Waals surface area contributed by atoms with Crippen LogP contribution in [0.3, 0.4) is 0 Å². The Hall–Kier alpha value is -0.170. The van der Waals surface area contributed by atoms with Gasteiger partial charge in [0.15, 0.2) is 0 Å². The summed E-state index contributed by atoms with van der Waals surface area (Å²) in [5.74, 6) is 0. The molecule has 1 unspecified atom stereocenters. The van der Waals surface area contributed by atoms with Gasteiger partial charge in [-0.25, -0.2) is 0 Å². The number of rotatable bonds is 12. The molecule has 9 heteroatoms. The SMILES string of the molecule is CCOC(OCC)P(=O)(O)OCCCNCc1ccc(Cl)c(Cl)c1. The molecular weight excluding hydrogens is 376 g/mol. The molecule has 0 bridgehead atoms. The summed E-state index contributed by atoms with van der Waals surface area (Å²) in [6.07, 6.45) is 0.566. The molecule has 6 nitrogen and oxygen atoms in total. The van der Waals surface area contributed by atoms with E-state index in [1.54, 1.807) is 26.0 Å².